The second-order valence-corrected chi connectivity index (χ2v) is 8.37. The Morgan fingerprint density at radius 1 is 1.24 bits per heavy atom. The molecule has 25 heavy (non-hydrogen) atoms. The van der Waals surface area contributed by atoms with Gasteiger partial charge in [0.15, 0.2) is 0 Å². The van der Waals surface area contributed by atoms with Crippen LogP contribution in [0.2, 0.25) is 0 Å². The lowest BCUT2D eigenvalue weighted by atomic mass is 9.55. The number of hydrogen-bond acceptors (Lipinski definition) is 3. The third kappa shape index (κ3) is 2.75. The Hall–Kier alpha value is -1.53. The number of methoxy groups -OCH3 is 1. The van der Waals surface area contributed by atoms with Gasteiger partial charge in [-0.05, 0) is 85.0 Å². The molecule has 0 heterocycles. The van der Waals surface area contributed by atoms with Crippen LogP contribution in [0.25, 0.3) is 0 Å². The summed E-state index contributed by atoms with van der Waals surface area (Å²) >= 11 is 0. The lowest BCUT2D eigenvalue weighted by Gasteiger charge is -2.50. The van der Waals surface area contributed by atoms with E-state index >= 15 is 0 Å². The molecule has 3 nitrogen and oxygen atoms in total. The van der Waals surface area contributed by atoms with E-state index in [1.165, 1.54) is 44.1 Å². The molecule has 3 aliphatic carbocycles. The molecule has 5 atom stereocenters. The van der Waals surface area contributed by atoms with E-state index in [9.17, 15) is 0 Å². The fourth-order valence-corrected chi connectivity index (χ4v) is 6.16. The summed E-state index contributed by atoms with van der Waals surface area (Å²) < 4.78 is 11.6. The van der Waals surface area contributed by atoms with Crippen LogP contribution in [-0.2, 0) is 11.2 Å². The maximum Gasteiger partial charge on any atom is 0.119 e. The van der Waals surface area contributed by atoms with Crippen molar-refractivity contribution in [3.63, 3.8) is 0 Å². The zero-order valence-electron chi connectivity index (χ0n) is 15.5. The average molecular weight is 339 g/mol. The summed E-state index contributed by atoms with van der Waals surface area (Å²) in [7, 11) is 1.75. The SMILES string of the molecule is COc1ccc2c(c1)CC[C@H]1[C@@H]2CC[C@]2(C)[C@@H](OCCC#N)CC[C@@H]12. The molecule has 2 fully saturated rings. The van der Waals surface area contributed by atoms with Crippen molar-refractivity contribution in [3.05, 3.63) is 29.3 Å². The third-order valence-electron chi connectivity index (χ3n) is 7.38. The van der Waals surface area contributed by atoms with Crippen molar-refractivity contribution < 1.29 is 9.47 Å². The third-order valence-corrected chi connectivity index (χ3v) is 7.38. The molecule has 1 aromatic rings. The molecule has 0 aliphatic heterocycles. The molecule has 0 unspecified atom stereocenters. The monoisotopic (exact) mass is 339 g/mol. The zero-order chi connectivity index (χ0) is 17.4. The zero-order valence-corrected chi connectivity index (χ0v) is 15.5. The minimum atomic E-state index is 0.306. The molecule has 4 rings (SSSR count). The molecule has 0 spiro atoms. The van der Waals surface area contributed by atoms with Crippen molar-refractivity contribution in [2.24, 2.45) is 17.3 Å². The number of fused-ring (bicyclic) bond motifs is 5. The molecule has 3 heteroatoms. The first kappa shape index (κ1) is 16.9. The lowest BCUT2D eigenvalue weighted by molar-refractivity contribution is -0.0623. The predicted octanol–water partition coefficient (Wildman–Crippen LogP) is 4.85. The van der Waals surface area contributed by atoms with Crippen LogP contribution in [0, 0.1) is 28.6 Å². The van der Waals surface area contributed by atoms with Crippen molar-refractivity contribution in [1.82, 2.24) is 0 Å². The van der Waals surface area contributed by atoms with Gasteiger partial charge in [-0.2, -0.15) is 5.26 Å². The fourth-order valence-electron chi connectivity index (χ4n) is 6.16. The Balaban J connectivity index is 1.55. The highest BCUT2D eigenvalue weighted by Crippen LogP contribution is 2.61. The lowest BCUT2D eigenvalue weighted by Crippen LogP contribution is -2.44. The minimum Gasteiger partial charge on any atom is -0.497 e. The molecule has 2 saturated carbocycles. The Kier molecular flexibility index (Phi) is 4.50. The summed E-state index contributed by atoms with van der Waals surface area (Å²) in [4.78, 5) is 0. The highest BCUT2D eigenvalue weighted by molar-refractivity contribution is 5.40. The molecule has 0 aromatic heterocycles. The summed E-state index contributed by atoms with van der Waals surface area (Å²) in [6.45, 7) is 3.06. The first-order valence-corrected chi connectivity index (χ1v) is 9.82. The summed E-state index contributed by atoms with van der Waals surface area (Å²) in [5.41, 5.74) is 3.39. The van der Waals surface area contributed by atoms with E-state index in [-0.39, 0.29) is 0 Å². The maximum absolute atomic E-state index is 8.78. The molecular formula is C22H29NO2. The smallest absolute Gasteiger partial charge is 0.119 e. The summed E-state index contributed by atoms with van der Waals surface area (Å²) in [6, 6.07) is 8.92. The molecule has 0 amide bonds. The molecule has 3 aliphatic rings. The maximum atomic E-state index is 8.78. The number of benzene rings is 1. The first-order valence-electron chi connectivity index (χ1n) is 9.82. The van der Waals surface area contributed by atoms with Gasteiger partial charge in [-0.15, -0.1) is 0 Å². The second kappa shape index (κ2) is 6.65. The quantitative estimate of drug-likeness (QED) is 0.736. The van der Waals surface area contributed by atoms with Crippen molar-refractivity contribution in [2.45, 2.75) is 63.9 Å². The number of rotatable bonds is 4. The Labute approximate surface area is 151 Å². The minimum absolute atomic E-state index is 0.306. The van der Waals surface area contributed by atoms with Crippen LogP contribution in [0.15, 0.2) is 18.2 Å². The van der Waals surface area contributed by atoms with Crippen molar-refractivity contribution in [1.29, 1.82) is 5.26 Å². The van der Waals surface area contributed by atoms with Gasteiger partial charge in [-0.1, -0.05) is 13.0 Å². The molecule has 0 saturated heterocycles. The van der Waals surface area contributed by atoms with Crippen molar-refractivity contribution in [3.8, 4) is 11.8 Å². The van der Waals surface area contributed by atoms with Gasteiger partial charge in [-0.25, -0.2) is 0 Å². The predicted molar refractivity (Wildman–Crippen MR) is 97.6 cm³/mol. The molecule has 0 radical (unpaired) electrons. The molecule has 0 N–H and O–H groups in total. The highest BCUT2D eigenvalue weighted by Gasteiger charge is 2.55. The molecule has 0 bridgehead atoms. The van der Waals surface area contributed by atoms with Crippen molar-refractivity contribution >= 4 is 0 Å². The van der Waals surface area contributed by atoms with Gasteiger partial charge < -0.3 is 9.47 Å². The Morgan fingerprint density at radius 3 is 2.92 bits per heavy atom. The van der Waals surface area contributed by atoms with Crippen LogP contribution in [0.3, 0.4) is 0 Å². The standard InChI is InChI=1S/C22H29NO2/c1-22-11-10-18-17-7-5-16(24-2)14-15(17)4-6-19(18)20(22)8-9-21(22)25-13-3-12-23/h5,7,14,18-21H,3-4,6,8-11,13H2,1-2H3/t18-,19+,20+,21+,22+/m1/s1. The average Bonchev–Trinajstić information content (AvgIpc) is 2.98. The number of hydrogen-bond donors (Lipinski definition) is 0. The van der Waals surface area contributed by atoms with Crippen LogP contribution < -0.4 is 4.74 Å². The van der Waals surface area contributed by atoms with E-state index < -0.39 is 0 Å². The van der Waals surface area contributed by atoms with Crippen LogP contribution in [0.5, 0.6) is 5.75 Å². The summed E-state index contributed by atoms with van der Waals surface area (Å²) in [5.74, 6) is 3.27. The number of ether oxygens (including phenoxy) is 2. The van der Waals surface area contributed by atoms with E-state index in [1.54, 1.807) is 12.7 Å². The first-order chi connectivity index (χ1) is 12.2. The van der Waals surface area contributed by atoms with Crippen molar-refractivity contribution in [2.75, 3.05) is 13.7 Å². The van der Waals surface area contributed by atoms with Gasteiger partial charge >= 0.3 is 0 Å². The van der Waals surface area contributed by atoms with Gasteiger partial charge in [-0.3, -0.25) is 0 Å². The summed E-state index contributed by atoms with van der Waals surface area (Å²) in [5, 5.41) is 8.78. The number of nitriles is 1. The number of aryl methyl sites for hydroxylation is 1. The van der Waals surface area contributed by atoms with Gasteiger partial charge in [0.05, 0.1) is 32.3 Å². The topological polar surface area (TPSA) is 42.2 Å². The molecule has 134 valence electrons. The second-order valence-electron chi connectivity index (χ2n) is 8.37. The molecule has 1 aromatic carbocycles. The van der Waals surface area contributed by atoms with E-state index in [4.69, 9.17) is 14.7 Å². The Morgan fingerprint density at radius 2 is 2.12 bits per heavy atom. The number of nitrogens with zero attached hydrogens (tertiary/aromatic N) is 1. The van der Waals surface area contributed by atoms with Crippen LogP contribution >= 0.6 is 0 Å². The van der Waals surface area contributed by atoms with E-state index in [1.807, 2.05) is 0 Å². The normalized spacial score (nSPS) is 36.0. The van der Waals surface area contributed by atoms with Gasteiger partial charge in [0.2, 0.25) is 0 Å². The fraction of sp³-hybridized carbons (Fsp3) is 0.682. The van der Waals surface area contributed by atoms with Gasteiger partial charge in [0, 0.05) is 0 Å². The summed E-state index contributed by atoms with van der Waals surface area (Å²) in [6.07, 6.45) is 8.33. The van der Waals surface area contributed by atoms with Crippen LogP contribution in [0.1, 0.15) is 62.5 Å². The van der Waals surface area contributed by atoms with Gasteiger partial charge in [0.25, 0.3) is 0 Å². The van der Waals surface area contributed by atoms with E-state index in [0.717, 1.165) is 17.6 Å². The van der Waals surface area contributed by atoms with E-state index in [2.05, 4.69) is 31.2 Å². The van der Waals surface area contributed by atoms with E-state index in [0.29, 0.717) is 30.5 Å². The van der Waals surface area contributed by atoms with Crippen LogP contribution in [0.4, 0.5) is 0 Å². The largest absolute Gasteiger partial charge is 0.497 e. The molecular weight excluding hydrogens is 310 g/mol. The van der Waals surface area contributed by atoms with Gasteiger partial charge in [0.1, 0.15) is 5.75 Å². The highest BCUT2D eigenvalue weighted by atomic mass is 16.5. The van der Waals surface area contributed by atoms with Crippen LogP contribution in [-0.4, -0.2) is 19.8 Å². The Bertz CT molecular complexity index is 679.